The second-order valence-electron chi connectivity index (χ2n) is 7.74. The average Bonchev–Trinajstić information content (AvgIpc) is 2.60. The van der Waals surface area contributed by atoms with E-state index in [1.54, 1.807) is 6.92 Å². The maximum absolute atomic E-state index is 12.2. The van der Waals surface area contributed by atoms with Crippen LogP contribution in [0.15, 0.2) is 30.3 Å². The molecule has 0 aromatic heterocycles. The monoisotopic (exact) mass is 363 g/mol. The summed E-state index contributed by atoms with van der Waals surface area (Å²) in [4.78, 5) is 16.6. The summed E-state index contributed by atoms with van der Waals surface area (Å²) in [5, 5.41) is 13.2. The molecule has 1 amide bonds. The fraction of sp³-hybridized carbons (Fsp3) is 0.650. The number of amides is 1. The zero-order chi connectivity index (χ0) is 19.0. The minimum atomic E-state index is -0.896. The van der Waals surface area contributed by atoms with Crippen LogP contribution >= 0.6 is 0 Å². The van der Waals surface area contributed by atoms with Crippen molar-refractivity contribution >= 4 is 5.91 Å². The summed E-state index contributed by atoms with van der Waals surface area (Å²) in [5.41, 5.74) is 0.377. The number of carbonyl (C=O) groups excluding carboxylic acids is 1. The highest BCUT2D eigenvalue weighted by Gasteiger charge is 2.25. The summed E-state index contributed by atoms with van der Waals surface area (Å²) in [6.45, 7) is 5.96. The second kappa shape index (κ2) is 10.0. The van der Waals surface area contributed by atoms with Gasteiger partial charge in [0.1, 0.15) is 0 Å². The number of ether oxygens (including phenoxy) is 1. The van der Waals surface area contributed by atoms with Crippen LogP contribution in [-0.4, -0.2) is 79.4 Å². The van der Waals surface area contributed by atoms with E-state index in [1.807, 2.05) is 37.2 Å². The normalized spacial score (nSPS) is 20.7. The fourth-order valence-electron chi connectivity index (χ4n) is 3.01. The lowest BCUT2D eigenvalue weighted by atomic mass is 10.0. The van der Waals surface area contributed by atoms with E-state index >= 15 is 0 Å². The molecule has 1 heterocycles. The molecule has 6 heteroatoms. The van der Waals surface area contributed by atoms with Gasteiger partial charge in [-0.15, -0.1) is 0 Å². The lowest BCUT2D eigenvalue weighted by Gasteiger charge is -2.33. The molecule has 1 aromatic carbocycles. The fourth-order valence-corrected chi connectivity index (χ4v) is 3.01. The Morgan fingerprint density at radius 3 is 2.81 bits per heavy atom. The van der Waals surface area contributed by atoms with E-state index in [0.717, 1.165) is 26.2 Å². The van der Waals surface area contributed by atoms with Crippen molar-refractivity contribution in [2.24, 2.45) is 0 Å². The number of nitrogens with one attached hydrogen (secondary N) is 1. The molecule has 6 nitrogen and oxygen atoms in total. The van der Waals surface area contributed by atoms with Gasteiger partial charge >= 0.3 is 0 Å². The number of morpholine rings is 1. The first-order chi connectivity index (χ1) is 12.3. The molecule has 0 radical (unpaired) electrons. The van der Waals surface area contributed by atoms with Crippen molar-refractivity contribution in [3.63, 3.8) is 0 Å². The van der Waals surface area contributed by atoms with Crippen LogP contribution in [0.4, 0.5) is 0 Å². The number of hydrogen-bond donors (Lipinski definition) is 2. The van der Waals surface area contributed by atoms with E-state index < -0.39 is 5.60 Å². The molecule has 0 aliphatic carbocycles. The summed E-state index contributed by atoms with van der Waals surface area (Å²) in [7, 11) is 3.94. The first-order valence-corrected chi connectivity index (χ1v) is 9.36. The minimum absolute atomic E-state index is 0.0679. The van der Waals surface area contributed by atoms with Crippen molar-refractivity contribution in [1.82, 2.24) is 15.1 Å². The van der Waals surface area contributed by atoms with Gasteiger partial charge < -0.3 is 20.1 Å². The largest absolute Gasteiger partial charge is 0.388 e. The Labute approximate surface area is 157 Å². The predicted octanol–water partition coefficient (Wildman–Crippen LogP) is 1.10. The summed E-state index contributed by atoms with van der Waals surface area (Å²) >= 11 is 0. The van der Waals surface area contributed by atoms with Gasteiger partial charge in [0.2, 0.25) is 5.91 Å². The average molecular weight is 364 g/mol. The zero-order valence-electron chi connectivity index (χ0n) is 16.3. The lowest BCUT2D eigenvalue weighted by molar-refractivity contribution is -0.127. The van der Waals surface area contributed by atoms with Crippen LogP contribution in [0.3, 0.4) is 0 Å². The van der Waals surface area contributed by atoms with E-state index in [2.05, 4.69) is 22.3 Å². The lowest BCUT2D eigenvalue weighted by Crippen LogP contribution is -2.46. The van der Waals surface area contributed by atoms with Crippen LogP contribution in [0.5, 0.6) is 0 Å². The van der Waals surface area contributed by atoms with Gasteiger partial charge in [-0.05, 0) is 33.0 Å². The van der Waals surface area contributed by atoms with Crippen LogP contribution in [0, 0.1) is 0 Å². The molecule has 146 valence electrons. The molecule has 1 aliphatic rings. The Morgan fingerprint density at radius 1 is 1.38 bits per heavy atom. The summed E-state index contributed by atoms with van der Waals surface area (Å²) in [6.07, 6.45) is 0.847. The van der Waals surface area contributed by atoms with E-state index in [-0.39, 0.29) is 18.6 Å². The molecule has 1 aromatic rings. The summed E-state index contributed by atoms with van der Waals surface area (Å²) in [6, 6.07) is 10.3. The van der Waals surface area contributed by atoms with Gasteiger partial charge in [-0.1, -0.05) is 30.3 Å². The predicted molar refractivity (Wildman–Crippen MR) is 103 cm³/mol. The highest BCUT2D eigenvalue weighted by atomic mass is 16.5. The number of carbonyl (C=O) groups is 1. The number of aliphatic hydroxyl groups is 1. The van der Waals surface area contributed by atoms with Crippen molar-refractivity contribution in [1.29, 1.82) is 0 Å². The van der Waals surface area contributed by atoms with Gasteiger partial charge in [0.05, 0.1) is 24.7 Å². The number of rotatable bonds is 9. The van der Waals surface area contributed by atoms with Crippen LogP contribution in [-0.2, 0) is 16.1 Å². The van der Waals surface area contributed by atoms with Crippen molar-refractivity contribution in [3.8, 4) is 0 Å². The summed E-state index contributed by atoms with van der Waals surface area (Å²) in [5.74, 6) is -0.0679. The third-order valence-electron chi connectivity index (χ3n) is 4.65. The van der Waals surface area contributed by atoms with Gasteiger partial charge in [0.25, 0.3) is 0 Å². The third-order valence-corrected chi connectivity index (χ3v) is 4.65. The maximum Gasteiger partial charge on any atom is 0.222 e. The van der Waals surface area contributed by atoms with Crippen molar-refractivity contribution in [2.75, 3.05) is 46.9 Å². The van der Waals surface area contributed by atoms with E-state index in [4.69, 9.17) is 4.74 Å². The minimum Gasteiger partial charge on any atom is -0.388 e. The summed E-state index contributed by atoms with van der Waals surface area (Å²) < 4.78 is 5.76. The van der Waals surface area contributed by atoms with Gasteiger partial charge in [-0.3, -0.25) is 9.69 Å². The topological polar surface area (TPSA) is 65.0 Å². The van der Waals surface area contributed by atoms with Crippen LogP contribution in [0.1, 0.15) is 25.3 Å². The molecular weight excluding hydrogens is 330 g/mol. The maximum atomic E-state index is 12.2. The molecular formula is C20H33N3O3. The molecule has 1 fully saturated rings. The van der Waals surface area contributed by atoms with Crippen molar-refractivity contribution in [2.45, 2.75) is 38.0 Å². The van der Waals surface area contributed by atoms with Gasteiger partial charge in [0.15, 0.2) is 0 Å². The zero-order valence-corrected chi connectivity index (χ0v) is 16.3. The first kappa shape index (κ1) is 20.8. The highest BCUT2D eigenvalue weighted by Crippen LogP contribution is 2.13. The molecule has 1 aliphatic heterocycles. The van der Waals surface area contributed by atoms with Gasteiger partial charge in [-0.2, -0.15) is 0 Å². The Hall–Kier alpha value is -1.47. The SMILES string of the molecule is CN(C)CC[C@](C)(O)CNC(=O)C[C@@H]1CN(Cc2ccccc2)CCO1. The van der Waals surface area contributed by atoms with E-state index in [9.17, 15) is 9.90 Å². The standard InChI is InChI=1S/C20H33N3O3/c1-20(25,9-10-22(2)3)16-21-19(24)13-18-15-23(11-12-26-18)14-17-7-5-4-6-8-17/h4-8,18,25H,9-16H2,1-3H3,(H,21,24)/t18-,20+/m1/s1. The number of hydrogen-bond acceptors (Lipinski definition) is 5. The van der Waals surface area contributed by atoms with Crippen molar-refractivity contribution < 1.29 is 14.6 Å². The molecule has 2 rings (SSSR count). The smallest absolute Gasteiger partial charge is 0.222 e. The molecule has 26 heavy (non-hydrogen) atoms. The van der Waals surface area contributed by atoms with Crippen molar-refractivity contribution in [3.05, 3.63) is 35.9 Å². The first-order valence-electron chi connectivity index (χ1n) is 9.36. The third kappa shape index (κ3) is 7.83. The van der Waals surface area contributed by atoms with E-state index in [1.165, 1.54) is 5.56 Å². The van der Waals surface area contributed by atoms with Crippen LogP contribution in [0.25, 0.3) is 0 Å². The van der Waals surface area contributed by atoms with Crippen LogP contribution < -0.4 is 5.32 Å². The molecule has 0 bridgehead atoms. The number of benzene rings is 1. The molecule has 0 saturated carbocycles. The molecule has 1 saturated heterocycles. The quantitative estimate of drug-likeness (QED) is 0.688. The van der Waals surface area contributed by atoms with Gasteiger partial charge in [0, 0.05) is 32.7 Å². The van der Waals surface area contributed by atoms with Crippen LogP contribution in [0.2, 0.25) is 0 Å². The highest BCUT2D eigenvalue weighted by molar-refractivity contribution is 5.76. The molecule has 0 spiro atoms. The molecule has 2 N–H and O–H groups in total. The molecule has 0 unspecified atom stereocenters. The Bertz CT molecular complexity index is 548. The Balaban J connectivity index is 1.72. The van der Waals surface area contributed by atoms with Gasteiger partial charge in [-0.25, -0.2) is 0 Å². The van der Waals surface area contributed by atoms with E-state index in [0.29, 0.717) is 19.4 Å². The number of nitrogens with zero attached hydrogens (tertiary/aromatic N) is 2. The Kier molecular flexibility index (Phi) is 8.03. The Morgan fingerprint density at radius 2 is 2.12 bits per heavy atom. The molecule has 2 atom stereocenters. The second-order valence-corrected chi connectivity index (χ2v) is 7.74.